The maximum Gasteiger partial charge on any atom is 0.276 e. The summed E-state index contributed by atoms with van der Waals surface area (Å²) in [7, 11) is 0. The summed E-state index contributed by atoms with van der Waals surface area (Å²) in [4.78, 5) is 17.0. The molecule has 0 aliphatic rings. The lowest BCUT2D eigenvalue weighted by Gasteiger charge is -2.08. The Morgan fingerprint density at radius 3 is 2.62 bits per heavy atom. The van der Waals surface area contributed by atoms with E-state index in [4.69, 9.17) is 11.6 Å². The monoisotopic (exact) mass is 295 g/mol. The van der Waals surface area contributed by atoms with Gasteiger partial charge in [0.1, 0.15) is 17.3 Å². The van der Waals surface area contributed by atoms with Crippen molar-refractivity contribution in [2.24, 2.45) is 0 Å². The topological polar surface area (TPSA) is 58.2 Å². The Hall–Kier alpha value is -2.64. The molecule has 0 saturated carbocycles. The van der Waals surface area contributed by atoms with Gasteiger partial charge in [-0.05, 0) is 30.7 Å². The summed E-state index contributed by atoms with van der Waals surface area (Å²) in [5.74, 6) is 0. The Kier molecular flexibility index (Phi) is 3.20. The standard InChI is InChI=1S/C16H10ClN3O/c1-10-3-2-8-20-15(10)19-14(13(9-18)16(20)21)11-4-6-12(17)7-5-11/h2-8H,1H3. The van der Waals surface area contributed by atoms with Crippen LogP contribution in [-0.2, 0) is 0 Å². The Bertz CT molecular complexity index is 937. The third kappa shape index (κ3) is 2.18. The summed E-state index contributed by atoms with van der Waals surface area (Å²) >= 11 is 5.87. The van der Waals surface area contributed by atoms with Crippen LogP contribution in [0.3, 0.4) is 0 Å². The highest BCUT2D eigenvalue weighted by Crippen LogP contribution is 2.22. The fourth-order valence-corrected chi connectivity index (χ4v) is 2.34. The third-order valence-electron chi connectivity index (χ3n) is 3.28. The van der Waals surface area contributed by atoms with E-state index in [1.807, 2.05) is 19.1 Å². The summed E-state index contributed by atoms with van der Waals surface area (Å²) in [5, 5.41) is 9.90. The highest BCUT2D eigenvalue weighted by molar-refractivity contribution is 6.30. The Morgan fingerprint density at radius 1 is 1.24 bits per heavy atom. The number of hydrogen-bond acceptors (Lipinski definition) is 3. The van der Waals surface area contributed by atoms with Gasteiger partial charge < -0.3 is 0 Å². The number of benzene rings is 1. The summed E-state index contributed by atoms with van der Waals surface area (Å²) in [5.41, 5.74) is 2.16. The molecule has 3 aromatic rings. The van der Waals surface area contributed by atoms with E-state index in [2.05, 4.69) is 4.98 Å². The van der Waals surface area contributed by atoms with Gasteiger partial charge in [0.15, 0.2) is 0 Å². The van der Waals surface area contributed by atoms with E-state index < -0.39 is 0 Å². The van der Waals surface area contributed by atoms with Crippen LogP contribution in [0.2, 0.25) is 5.02 Å². The van der Waals surface area contributed by atoms with Crippen LogP contribution in [0.4, 0.5) is 0 Å². The van der Waals surface area contributed by atoms with Crippen LogP contribution in [0.15, 0.2) is 47.4 Å². The molecule has 2 heterocycles. The SMILES string of the molecule is Cc1cccn2c(=O)c(C#N)c(-c3ccc(Cl)cc3)nc12. The van der Waals surface area contributed by atoms with Gasteiger partial charge >= 0.3 is 0 Å². The van der Waals surface area contributed by atoms with Crippen molar-refractivity contribution in [2.75, 3.05) is 0 Å². The maximum absolute atomic E-state index is 12.4. The van der Waals surface area contributed by atoms with E-state index in [1.165, 1.54) is 4.40 Å². The first-order valence-electron chi connectivity index (χ1n) is 6.30. The number of aryl methyl sites for hydroxylation is 1. The lowest BCUT2D eigenvalue weighted by Crippen LogP contribution is -2.20. The highest BCUT2D eigenvalue weighted by atomic mass is 35.5. The lowest BCUT2D eigenvalue weighted by molar-refractivity contribution is 1.02. The molecule has 0 aliphatic carbocycles. The summed E-state index contributed by atoms with van der Waals surface area (Å²) < 4.78 is 1.40. The highest BCUT2D eigenvalue weighted by Gasteiger charge is 2.14. The van der Waals surface area contributed by atoms with Crippen molar-refractivity contribution in [3.05, 3.63) is 69.1 Å². The molecule has 0 bridgehead atoms. The largest absolute Gasteiger partial charge is 0.276 e. The first-order valence-corrected chi connectivity index (χ1v) is 6.67. The van der Waals surface area contributed by atoms with E-state index in [9.17, 15) is 10.1 Å². The molecule has 0 N–H and O–H groups in total. The average molecular weight is 296 g/mol. The molecule has 4 nitrogen and oxygen atoms in total. The first kappa shape index (κ1) is 13.3. The zero-order valence-corrected chi connectivity index (χ0v) is 11.9. The van der Waals surface area contributed by atoms with Crippen molar-refractivity contribution < 1.29 is 0 Å². The summed E-state index contributed by atoms with van der Waals surface area (Å²) in [6, 6.07) is 12.5. The Balaban J connectivity index is 2.42. The Labute approximate surface area is 125 Å². The zero-order chi connectivity index (χ0) is 15.0. The maximum atomic E-state index is 12.4. The second kappa shape index (κ2) is 5.04. The van der Waals surface area contributed by atoms with Crippen molar-refractivity contribution >= 4 is 17.2 Å². The minimum absolute atomic E-state index is 0.0282. The Morgan fingerprint density at radius 2 is 1.95 bits per heavy atom. The second-order valence-electron chi connectivity index (χ2n) is 4.64. The van der Waals surface area contributed by atoms with E-state index >= 15 is 0 Å². The van der Waals surface area contributed by atoms with Crippen molar-refractivity contribution in [2.45, 2.75) is 6.92 Å². The summed E-state index contributed by atoms with van der Waals surface area (Å²) in [6.07, 6.45) is 1.62. The fourth-order valence-electron chi connectivity index (χ4n) is 2.22. The van der Waals surface area contributed by atoms with Crippen molar-refractivity contribution in [1.29, 1.82) is 5.26 Å². The zero-order valence-electron chi connectivity index (χ0n) is 11.2. The molecule has 0 atom stereocenters. The van der Waals surface area contributed by atoms with Gasteiger partial charge in [0.05, 0.1) is 5.69 Å². The van der Waals surface area contributed by atoms with Gasteiger partial charge in [-0.1, -0.05) is 29.8 Å². The predicted octanol–water partition coefficient (Wildman–Crippen LogP) is 3.20. The van der Waals surface area contributed by atoms with Gasteiger partial charge in [0.25, 0.3) is 5.56 Å². The van der Waals surface area contributed by atoms with E-state index in [-0.39, 0.29) is 11.1 Å². The predicted molar refractivity (Wildman–Crippen MR) is 81.4 cm³/mol. The molecule has 102 valence electrons. The van der Waals surface area contributed by atoms with Gasteiger partial charge in [-0.3, -0.25) is 9.20 Å². The quantitative estimate of drug-likeness (QED) is 0.693. The first-order chi connectivity index (χ1) is 10.1. The van der Waals surface area contributed by atoms with E-state index in [0.717, 1.165) is 5.56 Å². The number of rotatable bonds is 1. The summed E-state index contributed by atoms with van der Waals surface area (Å²) in [6.45, 7) is 1.87. The van der Waals surface area contributed by atoms with Crippen LogP contribution >= 0.6 is 11.6 Å². The molecule has 0 radical (unpaired) electrons. The molecule has 2 aromatic heterocycles. The van der Waals surface area contributed by atoms with E-state index in [1.54, 1.807) is 36.5 Å². The second-order valence-corrected chi connectivity index (χ2v) is 5.08. The van der Waals surface area contributed by atoms with Crippen molar-refractivity contribution in [1.82, 2.24) is 9.38 Å². The van der Waals surface area contributed by atoms with Gasteiger partial charge in [0.2, 0.25) is 0 Å². The number of pyridine rings is 1. The number of nitrogens with zero attached hydrogens (tertiary/aromatic N) is 3. The smallest absolute Gasteiger partial charge is 0.267 e. The molecule has 0 unspecified atom stereocenters. The lowest BCUT2D eigenvalue weighted by atomic mass is 10.1. The number of hydrogen-bond donors (Lipinski definition) is 0. The van der Waals surface area contributed by atoms with Gasteiger partial charge in [-0.2, -0.15) is 5.26 Å². The molecule has 0 aliphatic heterocycles. The molecular weight excluding hydrogens is 286 g/mol. The van der Waals surface area contributed by atoms with Gasteiger partial charge in [0, 0.05) is 16.8 Å². The van der Waals surface area contributed by atoms with Crippen LogP contribution < -0.4 is 5.56 Å². The fraction of sp³-hybridized carbons (Fsp3) is 0.0625. The minimum Gasteiger partial charge on any atom is -0.267 e. The van der Waals surface area contributed by atoms with Gasteiger partial charge in [-0.15, -0.1) is 0 Å². The molecule has 5 heteroatoms. The molecule has 0 saturated heterocycles. The van der Waals surface area contributed by atoms with Crippen LogP contribution in [0.5, 0.6) is 0 Å². The van der Waals surface area contributed by atoms with E-state index in [0.29, 0.717) is 21.9 Å². The van der Waals surface area contributed by atoms with Crippen LogP contribution in [0.1, 0.15) is 11.1 Å². The number of halogens is 1. The molecule has 0 amide bonds. The molecule has 21 heavy (non-hydrogen) atoms. The van der Waals surface area contributed by atoms with Crippen LogP contribution in [-0.4, -0.2) is 9.38 Å². The van der Waals surface area contributed by atoms with Gasteiger partial charge in [-0.25, -0.2) is 4.98 Å². The number of aromatic nitrogens is 2. The normalized spacial score (nSPS) is 10.5. The molecule has 0 spiro atoms. The third-order valence-corrected chi connectivity index (χ3v) is 3.53. The molecule has 0 fully saturated rings. The number of fused-ring (bicyclic) bond motifs is 1. The molecule has 3 rings (SSSR count). The van der Waals surface area contributed by atoms with Crippen molar-refractivity contribution in [3.63, 3.8) is 0 Å². The van der Waals surface area contributed by atoms with Crippen molar-refractivity contribution in [3.8, 4) is 17.3 Å². The minimum atomic E-state index is -0.365. The average Bonchev–Trinajstić information content (AvgIpc) is 2.49. The number of nitriles is 1. The van der Waals surface area contributed by atoms with Crippen LogP contribution in [0.25, 0.3) is 16.9 Å². The molecular formula is C16H10ClN3O. The van der Waals surface area contributed by atoms with Crippen LogP contribution in [0, 0.1) is 18.3 Å². The molecule has 1 aromatic carbocycles.